The summed E-state index contributed by atoms with van der Waals surface area (Å²) >= 11 is 1.52. The number of rotatable bonds is 4. The molecule has 5 aromatic rings. The molecular formula is C16H12N8OS. The lowest BCUT2D eigenvalue weighted by Crippen LogP contribution is -1.98. The van der Waals surface area contributed by atoms with Crippen LogP contribution in [0.2, 0.25) is 0 Å². The van der Waals surface area contributed by atoms with Crippen LogP contribution in [0.25, 0.3) is 27.4 Å². The summed E-state index contributed by atoms with van der Waals surface area (Å²) in [5.41, 5.74) is 3.29. The molecule has 0 fully saturated rings. The maximum atomic E-state index is 5.21. The van der Waals surface area contributed by atoms with E-state index in [0.717, 1.165) is 22.0 Å². The first-order chi connectivity index (χ1) is 12.8. The molecule has 10 heteroatoms. The van der Waals surface area contributed by atoms with E-state index in [1.165, 1.54) is 17.7 Å². The van der Waals surface area contributed by atoms with Crippen molar-refractivity contribution in [2.45, 2.75) is 0 Å². The number of anilines is 2. The van der Waals surface area contributed by atoms with Crippen LogP contribution < -0.4 is 10.1 Å². The maximum absolute atomic E-state index is 5.21. The molecule has 0 aliphatic carbocycles. The molecule has 0 saturated carbocycles. The SMILES string of the molecule is COc1ccc(-c2csc3nc(Nc4ncnc5nc[nH]c45)nn23)cc1. The highest BCUT2D eigenvalue weighted by molar-refractivity contribution is 7.15. The summed E-state index contributed by atoms with van der Waals surface area (Å²) in [6.45, 7) is 0. The molecule has 0 bridgehead atoms. The zero-order valence-electron chi connectivity index (χ0n) is 13.5. The number of aromatic nitrogens is 7. The molecular weight excluding hydrogens is 352 g/mol. The van der Waals surface area contributed by atoms with Crippen LogP contribution in [-0.2, 0) is 0 Å². The minimum Gasteiger partial charge on any atom is -0.497 e. The van der Waals surface area contributed by atoms with Gasteiger partial charge in [-0.05, 0) is 24.3 Å². The zero-order valence-corrected chi connectivity index (χ0v) is 14.4. The van der Waals surface area contributed by atoms with Crippen molar-refractivity contribution in [3.8, 4) is 17.0 Å². The number of nitrogens with one attached hydrogen (secondary N) is 2. The van der Waals surface area contributed by atoms with Crippen molar-refractivity contribution in [1.29, 1.82) is 0 Å². The van der Waals surface area contributed by atoms with Crippen molar-refractivity contribution in [2.24, 2.45) is 0 Å². The number of imidazole rings is 1. The Balaban J connectivity index is 1.52. The van der Waals surface area contributed by atoms with Gasteiger partial charge in [-0.15, -0.1) is 16.4 Å². The first kappa shape index (κ1) is 14.8. The van der Waals surface area contributed by atoms with Crippen LogP contribution in [-0.4, -0.2) is 41.6 Å². The Hall–Kier alpha value is -3.53. The highest BCUT2D eigenvalue weighted by atomic mass is 32.1. The van der Waals surface area contributed by atoms with Crippen LogP contribution in [0, 0.1) is 0 Å². The number of nitrogens with zero attached hydrogens (tertiary/aromatic N) is 6. The molecule has 0 saturated heterocycles. The Morgan fingerprint density at radius 1 is 1.15 bits per heavy atom. The van der Waals surface area contributed by atoms with Crippen molar-refractivity contribution < 1.29 is 4.74 Å². The first-order valence-corrected chi connectivity index (χ1v) is 8.59. The fourth-order valence-corrected chi connectivity index (χ4v) is 3.49. The van der Waals surface area contributed by atoms with Gasteiger partial charge in [0.2, 0.25) is 10.9 Å². The largest absolute Gasteiger partial charge is 0.497 e. The predicted molar refractivity (Wildman–Crippen MR) is 97.8 cm³/mol. The van der Waals surface area contributed by atoms with Gasteiger partial charge in [0, 0.05) is 10.9 Å². The minimum atomic E-state index is 0.459. The van der Waals surface area contributed by atoms with Crippen LogP contribution in [0.3, 0.4) is 0 Å². The van der Waals surface area contributed by atoms with Gasteiger partial charge < -0.3 is 15.0 Å². The molecule has 0 aliphatic rings. The Morgan fingerprint density at radius 3 is 2.88 bits per heavy atom. The number of hydrogen-bond donors (Lipinski definition) is 2. The molecule has 2 N–H and O–H groups in total. The van der Waals surface area contributed by atoms with E-state index in [1.54, 1.807) is 18.0 Å². The second-order valence-corrected chi connectivity index (χ2v) is 6.26. The van der Waals surface area contributed by atoms with Gasteiger partial charge >= 0.3 is 0 Å². The second kappa shape index (κ2) is 5.77. The van der Waals surface area contributed by atoms with E-state index in [2.05, 4.69) is 35.3 Å². The average Bonchev–Trinajstić information content (AvgIpc) is 3.37. The van der Waals surface area contributed by atoms with E-state index in [4.69, 9.17) is 4.74 Å². The lowest BCUT2D eigenvalue weighted by atomic mass is 10.2. The third-order valence-electron chi connectivity index (χ3n) is 3.92. The monoisotopic (exact) mass is 364 g/mol. The van der Waals surface area contributed by atoms with Crippen LogP contribution in [0.4, 0.5) is 11.8 Å². The van der Waals surface area contributed by atoms with E-state index in [1.807, 2.05) is 29.6 Å². The summed E-state index contributed by atoms with van der Waals surface area (Å²) in [6, 6.07) is 7.83. The van der Waals surface area contributed by atoms with Crippen molar-refractivity contribution in [3.63, 3.8) is 0 Å². The molecule has 26 heavy (non-hydrogen) atoms. The Morgan fingerprint density at radius 2 is 2.04 bits per heavy atom. The van der Waals surface area contributed by atoms with E-state index in [9.17, 15) is 0 Å². The van der Waals surface area contributed by atoms with E-state index in [0.29, 0.717) is 22.9 Å². The smallest absolute Gasteiger partial charge is 0.249 e. The molecule has 5 rings (SSSR count). The Kier molecular flexibility index (Phi) is 3.28. The fourth-order valence-electron chi connectivity index (χ4n) is 2.66. The van der Waals surface area contributed by atoms with Gasteiger partial charge in [-0.2, -0.15) is 4.98 Å². The second-order valence-electron chi connectivity index (χ2n) is 5.43. The maximum Gasteiger partial charge on any atom is 0.249 e. The van der Waals surface area contributed by atoms with Gasteiger partial charge in [0.05, 0.1) is 19.1 Å². The quantitative estimate of drug-likeness (QED) is 0.505. The van der Waals surface area contributed by atoms with Crippen LogP contribution in [0.5, 0.6) is 5.75 Å². The molecule has 0 atom stereocenters. The van der Waals surface area contributed by atoms with Gasteiger partial charge in [0.25, 0.3) is 0 Å². The number of benzene rings is 1. The summed E-state index contributed by atoms with van der Waals surface area (Å²) in [6.07, 6.45) is 3.03. The van der Waals surface area contributed by atoms with Crippen molar-refractivity contribution >= 4 is 39.2 Å². The molecule has 4 aromatic heterocycles. The Labute approximate surface area is 150 Å². The molecule has 9 nitrogen and oxygen atoms in total. The van der Waals surface area contributed by atoms with E-state index < -0.39 is 0 Å². The van der Waals surface area contributed by atoms with Gasteiger partial charge in [0.15, 0.2) is 11.5 Å². The van der Waals surface area contributed by atoms with Crippen molar-refractivity contribution in [2.75, 3.05) is 12.4 Å². The molecule has 128 valence electrons. The van der Waals surface area contributed by atoms with Crippen molar-refractivity contribution in [1.82, 2.24) is 34.5 Å². The summed E-state index contributed by atoms with van der Waals surface area (Å²) in [4.78, 5) is 20.8. The third kappa shape index (κ3) is 2.35. The number of H-pyrrole nitrogens is 1. The number of ether oxygens (including phenoxy) is 1. The van der Waals surface area contributed by atoms with Crippen LogP contribution in [0.15, 0.2) is 42.3 Å². The summed E-state index contributed by atoms with van der Waals surface area (Å²) in [5.74, 6) is 1.85. The van der Waals surface area contributed by atoms with E-state index >= 15 is 0 Å². The average molecular weight is 364 g/mol. The zero-order chi connectivity index (χ0) is 17.5. The molecule has 0 spiro atoms. The van der Waals surface area contributed by atoms with Gasteiger partial charge in [-0.3, -0.25) is 0 Å². The van der Waals surface area contributed by atoms with Gasteiger partial charge in [0.1, 0.15) is 17.6 Å². The molecule has 0 radical (unpaired) electrons. The normalized spacial score (nSPS) is 11.3. The fraction of sp³-hybridized carbons (Fsp3) is 0.0625. The van der Waals surface area contributed by atoms with Gasteiger partial charge in [-0.25, -0.2) is 19.5 Å². The minimum absolute atomic E-state index is 0.459. The third-order valence-corrected chi connectivity index (χ3v) is 4.74. The first-order valence-electron chi connectivity index (χ1n) is 7.71. The number of thiazole rings is 1. The number of aromatic amines is 1. The van der Waals surface area contributed by atoms with E-state index in [-0.39, 0.29) is 0 Å². The summed E-state index contributed by atoms with van der Waals surface area (Å²) in [7, 11) is 1.65. The lowest BCUT2D eigenvalue weighted by Gasteiger charge is -2.02. The topological polar surface area (TPSA) is 106 Å². The lowest BCUT2D eigenvalue weighted by molar-refractivity contribution is 0.415. The molecule has 0 amide bonds. The predicted octanol–water partition coefficient (Wildman–Crippen LogP) is 2.88. The molecule has 0 aliphatic heterocycles. The number of fused-ring (bicyclic) bond motifs is 2. The summed E-state index contributed by atoms with van der Waals surface area (Å²) < 4.78 is 7.02. The standard InChI is InChI=1S/C16H12N8OS/c1-25-10-4-2-9(3-5-10)11-6-26-16-22-15(23-24(11)16)21-14-12-13(18-7-17-12)19-8-20-14/h2-8H,1H3,(H2,17,18,19,20,21,23). The molecule has 1 aromatic carbocycles. The Bertz CT molecular complexity index is 1210. The number of methoxy groups -OCH3 is 1. The highest BCUT2D eigenvalue weighted by Gasteiger charge is 2.14. The van der Waals surface area contributed by atoms with Gasteiger partial charge in [-0.1, -0.05) is 0 Å². The molecule has 4 heterocycles. The van der Waals surface area contributed by atoms with Crippen LogP contribution in [0.1, 0.15) is 0 Å². The highest BCUT2D eigenvalue weighted by Crippen LogP contribution is 2.28. The number of hydrogen-bond acceptors (Lipinski definition) is 8. The molecule has 0 unspecified atom stereocenters. The van der Waals surface area contributed by atoms with Crippen molar-refractivity contribution in [3.05, 3.63) is 42.3 Å². The van der Waals surface area contributed by atoms with Crippen LogP contribution >= 0.6 is 11.3 Å². The summed E-state index contributed by atoms with van der Waals surface area (Å²) in [5, 5.41) is 9.71.